The van der Waals surface area contributed by atoms with Gasteiger partial charge in [0.1, 0.15) is 0 Å². The van der Waals surface area contributed by atoms with E-state index >= 15 is 0 Å². The summed E-state index contributed by atoms with van der Waals surface area (Å²) in [6.07, 6.45) is 35.9. The van der Waals surface area contributed by atoms with Crippen molar-refractivity contribution >= 4 is 11.8 Å². The summed E-state index contributed by atoms with van der Waals surface area (Å²) in [4.78, 5) is 24.0. The third-order valence-corrected chi connectivity index (χ3v) is 8.74. The Morgan fingerprint density at radius 1 is 0.318 bits per heavy atom. The summed E-state index contributed by atoms with van der Waals surface area (Å²) in [5.74, 6) is 0.366. The first-order valence-corrected chi connectivity index (χ1v) is 19.7. The number of amides is 2. The lowest BCUT2D eigenvalue weighted by atomic mass is 10.0. The number of rotatable bonds is 37. The average Bonchev–Trinajstić information content (AvgIpc) is 3.02. The van der Waals surface area contributed by atoms with Gasteiger partial charge in [0.15, 0.2) is 0 Å². The third kappa shape index (κ3) is 37.0. The van der Waals surface area contributed by atoms with E-state index in [2.05, 4.69) is 35.1 Å². The van der Waals surface area contributed by atoms with Crippen molar-refractivity contribution in [3.63, 3.8) is 0 Å². The Bertz CT molecular complexity index is 537. The zero-order valence-corrected chi connectivity index (χ0v) is 29.9. The molecule has 0 saturated carbocycles. The van der Waals surface area contributed by atoms with Crippen LogP contribution >= 0.6 is 0 Å². The van der Waals surface area contributed by atoms with Crippen LogP contribution in [0.4, 0.5) is 0 Å². The van der Waals surface area contributed by atoms with Gasteiger partial charge in [-0.15, -0.1) is 0 Å². The fraction of sp³-hybridized carbons (Fsp3) is 0.947. The predicted octanol–water partition coefficient (Wildman–Crippen LogP) is 9.36. The first-order valence-electron chi connectivity index (χ1n) is 19.7. The van der Waals surface area contributed by atoms with E-state index in [-0.39, 0.29) is 11.8 Å². The van der Waals surface area contributed by atoms with Gasteiger partial charge >= 0.3 is 0 Å². The van der Waals surface area contributed by atoms with Crippen LogP contribution in [0.1, 0.15) is 194 Å². The Morgan fingerprint density at radius 3 is 0.818 bits per heavy atom. The Balaban J connectivity index is 3.23. The zero-order chi connectivity index (χ0) is 32.0. The van der Waals surface area contributed by atoms with Crippen molar-refractivity contribution in [2.24, 2.45) is 0 Å². The molecule has 0 atom stereocenters. The molecule has 0 spiro atoms. The number of carbonyl (C=O) groups excluding carboxylic acids is 2. The topological polar surface area (TPSA) is 82.3 Å². The molecule has 2 amide bonds. The molecule has 0 radical (unpaired) electrons. The second-order valence-electron chi connectivity index (χ2n) is 13.2. The smallest absolute Gasteiger partial charge is 0.220 e. The summed E-state index contributed by atoms with van der Waals surface area (Å²) in [7, 11) is 0. The molecule has 0 aliphatic carbocycles. The van der Waals surface area contributed by atoms with Gasteiger partial charge in [-0.25, -0.2) is 0 Å². The molecule has 0 heterocycles. The van der Waals surface area contributed by atoms with Gasteiger partial charge in [0.2, 0.25) is 11.8 Å². The molecule has 0 aliphatic rings. The van der Waals surface area contributed by atoms with Crippen molar-refractivity contribution in [2.45, 2.75) is 194 Å². The maximum atomic E-state index is 12.0. The van der Waals surface area contributed by atoms with Crippen LogP contribution in [0.2, 0.25) is 0 Å². The highest BCUT2D eigenvalue weighted by molar-refractivity contribution is 5.76. The molecule has 6 nitrogen and oxygen atoms in total. The normalized spacial score (nSPS) is 11.2. The Hall–Kier alpha value is -1.14. The van der Waals surface area contributed by atoms with Crippen LogP contribution in [-0.2, 0) is 9.59 Å². The number of hydrogen-bond donors (Lipinski definition) is 4. The standard InChI is InChI=1S/C38H78N4O2/c1-3-5-7-9-11-13-15-17-19-21-23-25-27-29-37(43)41-35-33-39-31-32-40-34-36-42-38(44)30-28-26-24-22-20-18-16-14-12-10-8-6-4-2/h39-40H,3-36H2,1-2H3,(H,41,43)(H,42,44). The summed E-state index contributed by atoms with van der Waals surface area (Å²) >= 11 is 0. The van der Waals surface area contributed by atoms with E-state index in [1.807, 2.05) is 0 Å². The number of unbranched alkanes of at least 4 members (excludes halogenated alkanes) is 24. The van der Waals surface area contributed by atoms with E-state index in [0.717, 1.165) is 39.0 Å². The molecule has 0 aromatic carbocycles. The van der Waals surface area contributed by atoms with E-state index in [0.29, 0.717) is 25.9 Å². The van der Waals surface area contributed by atoms with Crippen LogP contribution in [0.5, 0.6) is 0 Å². The lowest BCUT2D eigenvalue weighted by Crippen LogP contribution is -2.37. The van der Waals surface area contributed by atoms with Gasteiger partial charge in [-0.2, -0.15) is 0 Å². The highest BCUT2D eigenvalue weighted by Gasteiger charge is 2.02. The minimum Gasteiger partial charge on any atom is -0.355 e. The lowest BCUT2D eigenvalue weighted by Gasteiger charge is -2.09. The molecular weight excluding hydrogens is 544 g/mol. The molecule has 6 heteroatoms. The molecule has 4 N–H and O–H groups in total. The van der Waals surface area contributed by atoms with Crippen molar-refractivity contribution in [1.82, 2.24) is 21.3 Å². The first kappa shape index (κ1) is 42.9. The summed E-state index contributed by atoms with van der Waals surface area (Å²) in [5, 5.41) is 12.8. The van der Waals surface area contributed by atoms with Gasteiger partial charge in [-0.1, -0.05) is 168 Å². The zero-order valence-electron chi connectivity index (χ0n) is 29.9. The van der Waals surface area contributed by atoms with Gasteiger partial charge < -0.3 is 21.3 Å². The van der Waals surface area contributed by atoms with Gasteiger partial charge in [-0.05, 0) is 12.8 Å². The largest absolute Gasteiger partial charge is 0.355 e. The lowest BCUT2D eigenvalue weighted by molar-refractivity contribution is -0.122. The molecule has 0 fully saturated rings. The molecule has 262 valence electrons. The predicted molar refractivity (Wildman–Crippen MR) is 192 cm³/mol. The molecule has 0 unspecified atom stereocenters. The van der Waals surface area contributed by atoms with Crippen molar-refractivity contribution in [2.75, 3.05) is 39.3 Å². The van der Waals surface area contributed by atoms with E-state index in [4.69, 9.17) is 0 Å². The molecule has 0 aromatic rings. The fourth-order valence-electron chi connectivity index (χ4n) is 5.79. The number of nitrogens with one attached hydrogen (secondary N) is 4. The van der Waals surface area contributed by atoms with Crippen LogP contribution in [0, 0.1) is 0 Å². The van der Waals surface area contributed by atoms with Crippen molar-refractivity contribution in [3.05, 3.63) is 0 Å². The second kappa shape index (κ2) is 38.0. The Kier molecular flexibility index (Phi) is 37.1. The number of carbonyl (C=O) groups is 2. The molecule has 0 rings (SSSR count). The maximum Gasteiger partial charge on any atom is 0.220 e. The maximum absolute atomic E-state index is 12.0. The molecule has 0 saturated heterocycles. The van der Waals surface area contributed by atoms with E-state index in [9.17, 15) is 9.59 Å². The van der Waals surface area contributed by atoms with E-state index in [1.54, 1.807) is 0 Å². The quantitative estimate of drug-likeness (QED) is 0.0520. The molecule has 0 bridgehead atoms. The van der Waals surface area contributed by atoms with Gasteiger partial charge in [-0.3, -0.25) is 9.59 Å². The minimum atomic E-state index is 0.183. The van der Waals surface area contributed by atoms with Crippen LogP contribution in [0.3, 0.4) is 0 Å². The Morgan fingerprint density at radius 2 is 0.545 bits per heavy atom. The van der Waals surface area contributed by atoms with Crippen LogP contribution < -0.4 is 21.3 Å². The summed E-state index contributed by atoms with van der Waals surface area (Å²) in [6, 6.07) is 0. The van der Waals surface area contributed by atoms with Crippen LogP contribution in [0.25, 0.3) is 0 Å². The van der Waals surface area contributed by atoms with Crippen LogP contribution in [0.15, 0.2) is 0 Å². The van der Waals surface area contributed by atoms with Crippen molar-refractivity contribution in [1.29, 1.82) is 0 Å². The van der Waals surface area contributed by atoms with Gasteiger partial charge in [0, 0.05) is 52.1 Å². The van der Waals surface area contributed by atoms with Crippen molar-refractivity contribution in [3.8, 4) is 0 Å². The molecule has 0 aliphatic heterocycles. The molecular formula is C38H78N4O2. The van der Waals surface area contributed by atoms with Gasteiger partial charge in [0.05, 0.1) is 0 Å². The monoisotopic (exact) mass is 623 g/mol. The minimum absolute atomic E-state index is 0.183. The van der Waals surface area contributed by atoms with E-state index < -0.39 is 0 Å². The average molecular weight is 623 g/mol. The third-order valence-electron chi connectivity index (χ3n) is 8.74. The summed E-state index contributed by atoms with van der Waals surface area (Å²) in [5.41, 5.74) is 0. The SMILES string of the molecule is CCCCCCCCCCCCCCCC(=O)NCCNCCNCCNC(=O)CCCCCCCCCCCCCCC. The Labute approximate surface area is 275 Å². The first-order chi connectivity index (χ1) is 21.7. The summed E-state index contributed by atoms with van der Waals surface area (Å²) in [6.45, 7) is 9.24. The van der Waals surface area contributed by atoms with Crippen molar-refractivity contribution < 1.29 is 9.59 Å². The van der Waals surface area contributed by atoms with Crippen LogP contribution in [-0.4, -0.2) is 51.1 Å². The second-order valence-corrected chi connectivity index (χ2v) is 13.2. The fourth-order valence-corrected chi connectivity index (χ4v) is 5.79. The highest BCUT2D eigenvalue weighted by atomic mass is 16.2. The highest BCUT2D eigenvalue weighted by Crippen LogP contribution is 2.14. The number of hydrogen-bond acceptors (Lipinski definition) is 4. The summed E-state index contributed by atoms with van der Waals surface area (Å²) < 4.78 is 0. The molecule has 44 heavy (non-hydrogen) atoms. The van der Waals surface area contributed by atoms with E-state index in [1.165, 1.54) is 154 Å². The van der Waals surface area contributed by atoms with Gasteiger partial charge in [0.25, 0.3) is 0 Å². The molecule has 0 aromatic heterocycles.